The summed E-state index contributed by atoms with van der Waals surface area (Å²) >= 11 is 0. The smallest absolute Gasteiger partial charge is 0.159 e. The number of benzene rings is 1. The van der Waals surface area contributed by atoms with Gasteiger partial charge in [-0.2, -0.15) is 0 Å². The van der Waals surface area contributed by atoms with Gasteiger partial charge in [-0.05, 0) is 32.9 Å². The van der Waals surface area contributed by atoms with Gasteiger partial charge in [0.1, 0.15) is 0 Å². The number of rotatable bonds is 6. The molecule has 18 heavy (non-hydrogen) atoms. The van der Waals surface area contributed by atoms with Crippen molar-refractivity contribution in [2.24, 2.45) is 0 Å². The fourth-order valence-electron chi connectivity index (χ4n) is 1.81. The standard InChI is InChI=1S/C16H21NO/c1-12(2)10-17(11-13(3)4)16-8-6-7-15(9-16)14(5)18/h6-9H,1,3,10-11H2,2,4-5H3. The molecule has 0 bridgehead atoms. The summed E-state index contributed by atoms with van der Waals surface area (Å²) in [6.45, 7) is 15.0. The average Bonchev–Trinajstić information content (AvgIpc) is 2.27. The van der Waals surface area contributed by atoms with Crippen LogP contribution in [0.4, 0.5) is 5.69 Å². The SMILES string of the molecule is C=C(C)CN(CC(=C)C)c1cccc(C(C)=O)c1. The topological polar surface area (TPSA) is 20.3 Å². The zero-order valence-corrected chi connectivity index (χ0v) is 11.5. The summed E-state index contributed by atoms with van der Waals surface area (Å²) in [6, 6.07) is 7.69. The number of carbonyl (C=O) groups excluding carboxylic acids is 1. The Hall–Kier alpha value is -1.83. The first kappa shape index (κ1) is 14.2. The van der Waals surface area contributed by atoms with Gasteiger partial charge in [0.25, 0.3) is 0 Å². The number of hydrogen-bond acceptors (Lipinski definition) is 2. The van der Waals surface area contributed by atoms with Crippen LogP contribution in [0.1, 0.15) is 31.1 Å². The van der Waals surface area contributed by atoms with Crippen LogP contribution in [0.5, 0.6) is 0 Å². The van der Waals surface area contributed by atoms with Crippen LogP contribution in [-0.4, -0.2) is 18.9 Å². The molecule has 0 spiro atoms. The van der Waals surface area contributed by atoms with E-state index in [0.29, 0.717) is 0 Å². The van der Waals surface area contributed by atoms with Crippen molar-refractivity contribution in [1.82, 2.24) is 0 Å². The number of ketones is 1. The van der Waals surface area contributed by atoms with Gasteiger partial charge in [0.05, 0.1) is 0 Å². The second-order valence-electron chi connectivity index (χ2n) is 4.88. The van der Waals surface area contributed by atoms with Gasteiger partial charge < -0.3 is 4.90 Å². The Labute approximate surface area is 110 Å². The third kappa shape index (κ3) is 4.21. The van der Waals surface area contributed by atoms with Crippen molar-refractivity contribution in [3.8, 4) is 0 Å². The first-order valence-electron chi connectivity index (χ1n) is 6.05. The molecule has 0 atom stereocenters. The van der Waals surface area contributed by atoms with Crippen molar-refractivity contribution in [2.75, 3.05) is 18.0 Å². The van der Waals surface area contributed by atoms with Crippen molar-refractivity contribution in [3.63, 3.8) is 0 Å². The number of anilines is 1. The second kappa shape index (κ2) is 6.20. The number of Topliss-reactive ketones (excluding diaryl/α,β-unsaturated/α-hetero) is 1. The lowest BCUT2D eigenvalue weighted by Gasteiger charge is -2.25. The van der Waals surface area contributed by atoms with Gasteiger partial charge >= 0.3 is 0 Å². The highest BCUT2D eigenvalue weighted by atomic mass is 16.1. The molecule has 2 nitrogen and oxygen atoms in total. The number of carbonyl (C=O) groups is 1. The molecule has 0 saturated carbocycles. The molecule has 0 unspecified atom stereocenters. The normalized spacial score (nSPS) is 9.94. The van der Waals surface area contributed by atoms with Crippen LogP contribution in [0, 0.1) is 0 Å². The Bertz CT molecular complexity index is 458. The first-order valence-corrected chi connectivity index (χ1v) is 6.05. The predicted molar refractivity (Wildman–Crippen MR) is 78.3 cm³/mol. The third-order valence-corrected chi connectivity index (χ3v) is 2.54. The van der Waals surface area contributed by atoms with Gasteiger partial charge in [0, 0.05) is 24.3 Å². The van der Waals surface area contributed by atoms with Crippen LogP contribution in [0.3, 0.4) is 0 Å². The minimum absolute atomic E-state index is 0.0856. The monoisotopic (exact) mass is 243 g/mol. The molecule has 0 aliphatic heterocycles. The van der Waals surface area contributed by atoms with E-state index >= 15 is 0 Å². The Morgan fingerprint density at radius 1 is 1.11 bits per heavy atom. The molecule has 0 heterocycles. The molecule has 0 aliphatic rings. The van der Waals surface area contributed by atoms with Gasteiger partial charge in [-0.25, -0.2) is 0 Å². The summed E-state index contributed by atoms with van der Waals surface area (Å²) in [7, 11) is 0. The van der Waals surface area contributed by atoms with Crippen molar-refractivity contribution in [3.05, 3.63) is 54.1 Å². The van der Waals surface area contributed by atoms with Gasteiger partial charge in [0.2, 0.25) is 0 Å². The maximum atomic E-state index is 11.4. The molecule has 0 N–H and O–H groups in total. The lowest BCUT2D eigenvalue weighted by atomic mass is 10.1. The summed E-state index contributed by atoms with van der Waals surface area (Å²) in [5.41, 5.74) is 3.95. The summed E-state index contributed by atoms with van der Waals surface area (Å²) in [5.74, 6) is 0.0856. The fourth-order valence-corrected chi connectivity index (χ4v) is 1.81. The summed E-state index contributed by atoms with van der Waals surface area (Å²) in [6.07, 6.45) is 0. The lowest BCUT2D eigenvalue weighted by molar-refractivity contribution is 0.101. The molecule has 1 rings (SSSR count). The predicted octanol–water partition coefficient (Wildman–Crippen LogP) is 3.85. The summed E-state index contributed by atoms with van der Waals surface area (Å²) in [5, 5.41) is 0. The van der Waals surface area contributed by atoms with Gasteiger partial charge in [-0.15, -0.1) is 0 Å². The van der Waals surface area contributed by atoms with E-state index in [1.54, 1.807) is 6.92 Å². The molecule has 0 saturated heterocycles. The van der Waals surface area contributed by atoms with Crippen LogP contribution < -0.4 is 4.90 Å². The molecular formula is C16H21NO. The molecule has 1 aromatic rings. The number of nitrogens with zero attached hydrogens (tertiary/aromatic N) is 1. The van der Waals surface area contributed by atoms with Crippen LogP contribution in [-0.2, 0) is 0 Å². The van der Waals surface area contributed by atoms with Crippen LogP contribution >= 0.6 is 0 Å². The lowest BCUT2D eigenvalue weighted by Crippen LogP contribution is -2.26. The zero-order chi connectivity index (χ0) is 13.7. The van der Waals surface area contributed by atoms with Gasteiger partial charge in [-0.3, -0.25) is 4.79 Å². The highest BCUT2D eigenvalue weighted by molar-refractivity contribution is 5.95. The fraction of sp³-hybridized carbons (Fsp3) is 0.312. The maximum absolute atomic E-state index is 11.4. The molecule has 0 amide bonds. The Morgan fingerprint density at radius 3 is 2.11 bits per heavy atom. The highest BCUT2D eigenvalue weighted by Crippen LogP contribution is 2.18. The first-order chi connectivity index (χ1) is 8.40. The minimum Gasteiger partial charge on any atom is -0.364 e. The van der Waals surface area contributed by atoms with E-state index < -0.39 is 0 Å². The number of hydrogen-bond donors (Lipinski definition) is 0. The molecule has 96 valence electrons. The van der Waals surface area contributed by atoms with Crippen LogP contribution in [0.25, 0.3) is 0 Å². The molecule has 0 radical (unpaired) electrons. The van der Waals surface area contributed by atoms with E-state index in [1.807, 2.05) is 38.1 Å². The Morgan fingerprint density at radius 2 is 1.67 bits per heavy atom. The Kier molecular flexibility index (Phi) is 4.90. The summed E-state index contributed by atoms with van der Waals surface area (Å²) in [4.78, 5) is 13.6. The maximum Gasteiger partial charge on any atom is 0.159 e. The van der Waals surface area contributed by atoms with E-state index in [4.69, 9.17) is 0 Å². The van der Waals surface area contributed by atoms with E-state index in [1.165, 1.54) is 0 Å². The largest absolute Gasteiger partial charge is 0.364 e. The molecular weight excluding hydrogens is 222 g/mol. The van der Waals surface area contributed by atoms with Gasteiger partial charge in [-0.1, -0.05) is 36.4 Å². The molecule has 1 aromatic carbocycles. The quantitative estimate of drug-likeness (QED) is 0.559. The van der Waals surface area contributed by atoms with Crippen LogP contribution in [0.2, 0.25) is 0 Å². The molecule has 2 heteroatoms. The van der Waals surface area contributed by atoms with E-state index in [0.717, 1.165) is 35.5 Å². The van der Waals surface area contributed by atoms with E-state index in [2.05, 4.69) is 18.1 Å². The summed E-state index contributed by atoms with van der Waals surface area (Å²) < 4.78 is 0. The van der Waals surface area contributed by atoms with Crippen molar-refractivity contribution < 1.29 is 4.79 Å². The molecule has 0 aromatic heterocycles. The van der Waals surface area contributed by atoms with Gasteiger partial charge in [0.15, 0.2) is 5.78 Å². The average molecular weight is 243 g/mol. The van der Waals surface area contributed by atoms with Crippen molar-refractivity contribution in [2.45, 2.75) is 20.8 Å². The zero-order valence-electron chi connectivity index (χ0n) is 11.5. The second-order valence-corrected chi connectivity index (χ2v) is 4.88. The van der Waals surface area contributed by atoms with E-state index in [-0.39, 0.29) is 5.78 Å². The van der Waals surface area contributed by atoms with Crippen molar-refractivity contribution in [1.29, 1.82) is 0 Å². The van der Waals surface area contributed by atoms with Crippen LogP contribution in [0.15, 0.2) is 48.6 Å². The molecule has 0 fully saturated rings. The van der Waals surface area contributed by atoms with E-state index in [9.17, 15) is 4.79 Å². The minimum atomic E-state index is 0.0856. The van der Waals surface area contributed by atoms with Crippen molar-refractivity contribution >= 4 is 11.5 Å². The molecule has 0 aliphatic carbocycles. The highest BCUT2D eigenvalue weighted by Gasteiger charge is 2.08. The third-order valence-electron chi connectivity index (χ3n) is 2.54. The Balaban J connectivity index is 3.03.